The van der Waals surface area contributed by atoms with Crippen molar-refractivity contribution < 1.29 is 35.1 Å². The molecule has 0 unspecified atom stereocenters. The van der Waals surface area contributed by atoms with Crippen LogP contribution < -0.4 is 5.32 Å². The Hall–Kier alpha value is -1.06. The molecule has 0 saturated heterocycles. The first-order chi connectivity index (χ1) is 13.5. The Morgan fingerprint density at radius 3 is 1.64 bits per heavy atom. The van der Waals surface area contributed by atoms with E-state index in [0.29, 0.717) is 12.7 Å². The molecule has 166 valence electrons. The minimum atomic E-state index is -1.73. The standard InChI is InChI=1S/C20H39NO7/c22-13-11-9-7-5-3-1-2-4-6-8-10-12-18(26)21-16(14-23)19(27)20(28)17(25)15-24/h14,16-17,19-20,22,24-25,27-28H,1-13,15H2,(H,21,26)/t16-,17+,19+,20+/m0/s1. The number of rotatable bonds is 19. The first-order valence-corrected chi connectivity index (χ1v) is 10.5. The van der Waals surface area contributed by atoms with Crippen molar-refractivity contribution in [2.75, 3.05) is 13.2 Å². The van der Waals surface area contributed by atoms with Gasteiger partial charge in [-0.1, -0.05) is 57.8 Å². The van der Waals surface area contributed by atoms with Gasteiger partial charge in [0, 0.05) is 13.0 Å². The number of aldehydes is 1. The molecule has 8 nitrogen and oxygen atoms in total. The number of carbonyl (C=O) groups is 2. The van der Waals surface area contributed by atoms with Crippen LogP contribution in [0.15, 0.2) is 0 Å². The van der Waals surface area contributed by atoms with Gasteiger partial charge in [-0.15, -0.1) is 0 Å². The van der Waals surface area contributed by atoms with Gasteiger partial charge in [0.25, 0.3) is 0 Å². The Kier molecular flexibility index (Phi) is 17.3. The van der Waals surface area contributed by atoms with E-state index >= 15 is 0 Å². The van der Waals surface area contributed by atoms with Gasteiger partial charge in [0.15, 0.2) is 0 Å². The minimum Gasteiger partial charge on any atom is -0.396 e. The van der Waals surface area contributed by atoms with Gasteiger partial charge >= 0.3 is 0 Å². The predicted molar refractivity (Wildman–Crippen MR) is 106 cm³/mol. The zero-order valence-electron chi connectivity index (χ0n) is 16.8. The van der Waals surface area contributed by atoms with Gasteiger partial charge < -0.3 is 35.6 Å². The average Bonchev–Trinajstić information content (AvgIpc) is 2.71. The summed E-state index contributed by atoms with van der Waals surface area (Å²) >= 11 is 0. The Morgan fingerprint density at radius 1 is 0.750 bits per heavy atom. The third-order valence-electron chi connectivity index (χ3n) is 4.84. The van der Waals surface area contributed by atoms with E-state index in [4.69, 9.17) is 10.2 Å². The highest BCUT2D eigenvalue weighted by molar-refractivity contribution is 5.79. The highest BCUT2D eigenvalue weighted by Gasteiger charge is 2.31. The third-order valence-corrected chi connectivity index (χ3v) is 4.84. The van der Waals surface area contributed by atoms with Crippen molar-refractivity contribution in [3.8, 4) is 0 Å². The molecule has 0 spiro atoms. The largest absolute Gasteiger partial charge is 0.396 e. The van der Waals surface area contributed by atoms with Crippen LogP contribution >= 0.6 is 0 Å². The highest BCUT2D eigenvalue weighted by atomic mass is 16.4. The highest BCUT2D eigenvalue weighted by Crippen LogP contribution is 2.12. The van der Waals surface area contributed by atoms with E-state index in [1.54, 1.807) is 0 Å². The molecule has 4 atom stereocenters. The molecular weight excluding hydrogens is 366 g/mol. The van der Waals surface area contributed by atoms with E-state index < -0.39 is 36.9 Å². The van der Waals surface area contributed by atoms with Crippen molar-refractivity contribution in [3.63, 3.8) is 0 Å². The van der Waals surface area contributed by atoms with E-state index in [2.05, 4.69) is 5.32 Å². The van der Waals surface area contributed by atoms with Crippen LogP contribution in [0.25, 0.3) is 0 Å². The maximum Gasteiger partial charge on any atom is 0.220 e. The van der Waals surface area contributed by atoms with Crippen molar-refractivity contribution in [1.82, 2.24) is 5.32 Å². The lowest BCUT2D eigenvalue weighted by atomic mass is 10.0. The fraction of sp³-hybridized carbons (Fsp3) is 0.900. The number of aliphatic hydroxyl groups excluding tert-OH is 5. The van der Waals surface area contributed by atoms with Crippen LogP contribution in [0, 0.1) is 0 Å². The van der Waals surface area contributed by atoms with Crippen LogP contribution in [-0.2, 0) is 9.59 Å². The fourth-order valence-corrected chi connectivity index (χ4v) is 2.99. The van der Waals surface area contributed by atoms with Crippen molar-refractivity contribution >= 4 is 12.2 Å². The van der Waals surface area contributed by atoms with E-state index in [-0.39, 0.29) is 13.0 Å². The second kappa shape index (κ2) is 18.0. The number of unbranched alkanes of at least 4 members (excludes halogenated alkanes) is 10. The Bertz CT molecular complexity index is 395. The van der Waals surface area contributed by atoms with Crippen molar-refractivity contribution in [2.24, 2.45) is 0 Å². The molecule has 0 aliphatic heterocycles. The van der Waals surface area contributed by atoms with Crippen LogP contribution in [0.2, 0.25) is 0 Å². The Labute approximate surface area is 168 Å². The number of hydrogen-bond acceptors (Lipinski definition) is 7. The van der Waals surface area contributed by atoms with Crippen molar-refractivity contribution in [2.45, 2.75) is 101 Å². The van der Waals surface area contributed by atoms with E-state index in [1.807, 2.05) is 0 Å². The quantitative estimate of drug-likeness (QED) is 0.135. The molecule has 0 heterocycles. The Morgan fingerprint density at radius 2 is 1.21 bits per heavy atom. The summed E-state index contributed by atoms with van der Waals surface area (Å²) in [5.74, 6) is -0.398. The lowest BCUT2D eigenvalue weighted by molar-refractivity contribution is -0.131. The molecule has 0 aromatic heterocycles. The van der Waals surface area contributed by atoms with Gasteiger partial charge in [-0.3, -0.25) is 4.79 Å². The summed E-state index contributed by atoms with van der Waals surface area (Å²) in [7, 11) is 0. The number of hydrogen-bond donors (Lipinski definition) is 6. The fourth-order valence-electron chi connectivity index (χ4n) is 2.99. The number of carbonyl (C=O) groups excluding carboxylic acids is 2. The van der Waals surface area contributed by atoms with Crippen molar-refractivity contribution in [1.29, 1.82) is 0 Å². The average molecular weight is 406 g/mol. The molecule has 0 bridgehead atoms. The molecule has 6 N–H and O–H groups in total. The molecule has 0 aromatic carbocycles. The molecule has 0 saturated carbocycles. The first-order valence-electron chi connectivity index (χ1n) is 10.5. The second-order valence-electron chi connectivity index (χ2n) is 7.32. The van der Waals surface area contributed by atoms with E-state index in [0.717, 1.165) is 32.1 Å². The van der Waals surface area contributed by atoms with Crippen LogP contribution in [0.4, 0.5) is 0 Å². The molecule has 0 aliphatic carbocycles. The smallest absolute Gasteiger partial charge is 0.220 e. The minimum absolute atomic E-state index is 0.223. The molecule has 28 heavy (non-hydrogen) atoms. The zero-order chi connectivity index (χ0) is 21.2. The van der Waals surface area contributed by atoms with Crippen LogP contribution in [0.3, 0.4) is 0 Å². The monoisotopic (exact) mass is 405 g/mol. The summed E-state index contributed by atoms with van der Waals surface area (Å²) < 4.78 is 0. The maximum atomic E-state index is 11.9. The van der Waals surface area contributed by atoms with E-state index in [1.165, 1.54) is 32.1 Å². The summed E-state index contributed by atoms with van der Waals surface area (Å²) in [5.41, 5.74) is 0. The Balaban J connectivity index is 3.74. The molecule has 0 aromatic rings. The first kappa shape index (κ1) is 26.9. The molecule has 0 fully saturated rings. The molecule has 8 heteroatoms. The van der Waals surface area contributed by atoms with Crippen LogP contribution in [0.1, 0.15) is 77.0 Å². The third kappa shape index (κ3) is 13.2. The van der Waals surface area contributed by atoms with Crippen LogP contribution in [-0.4, -0.2) is 75.3 Å². The summed E-state index contributed by atoms with van der Waals surface area (Å²) in [4.78, 5) is 22.9. The molecule has 0 aliphatic rings. The number of aliphatic hydroxyl groups is 5. The van der Waals surface area contributed by atoms with Gasteiger partial charge in [0.2, 0.25) is 5.91 Å². The number of nitrogens with one attached hydrogen (secondary N) is 1. The van der Waals surface area contributed by atoms with E-state index in [9.17, 15) is 24.9 Å². The normalized spacial score (nSPS) is 15.6. The van der Waals surface area contributed by atoms with Gasteiger partial charge in [-0.25, -0.2) is 0 Å². The molecule has 0 radical (unpaired) electrons. The van der Waals surface area contributed by atoms with Gasteiger partial charge in [0.05, 0.1) is 6.61 Å². The lowest BCUT2D eigenvalue weighted by Crippen LogP contribution is -2.53. The summed E-state index contributed by atoms with van der Waals surface area (Å²) in [5, 5.41) is 48.5. The lowest BCUT2D eigenvalue weighted by Gasteiger charge is -2.26. The topological polar surface area (TPSA) is 147 Å². The summed E-state index contributed by atoms with van der Waals surface area (Å²) in [6.45, 7) is -0.481. The van der Waals surface area contributed by atoms with Crippen LogP contribution in [0.5, 0.6) is 0 Å². The molecule has 1 amide bonds. The molecule has 0 rings (SSSR count). The van der Waals surface area contributed by atoms with Gasteiger partial charge in [-0.2, -0.15) is 0 Å². The van der Waals surface area contributed by atoms with Gasteiger partial charge in [0.1, 0.15) is 30.6 Å². The summed E-state index contributed by atoms with van der Waals surface area (Å²) in [6, 6.07) is -1.33. The summed E-state index contributed by atoms with van der Waals surface area (Å²) in [6.07, 6.45) is 7.27. The maximum absolute atomic E-state index is 11.9. The predicted octanol–water partition coefficient (Wildman–Crippen LogP) is 0.419. The van der Waals surface area contributed by atoms with Gasteiger partial charge in [-0.05, 0) is 12.8 Å². The SMILES string of the molecule is O=C[C@H](NC(=O)CCCCCCCCCCCCCO)[C@@H](O)[C@H](O)[C@H](O)CO. The zero-order valence-corrected chi connectivity index (χ0v) is 16.8. The number of amides is 1. The second-order valence-corrected chi connectivity index (χ2v) is 7.32. The van der Waals surface area contributed by atoms with Crippen molar-refractivity contribution in [3.05, 3.63) is 0 Å². The molecular formula is C20H39NO7.